The molecule has 0 aromatic carbocycles. The van der Waals surface area contributed by atoms with Crippen LogP contribution in [0.4, 0.5) is 0 Å². The van der Waals surface area contributed by atoms with Gasteiger partial charge in [-0.05, 0) is 25.7 Å². The third-order valence-corrected chi connectivity index (χ3v) is 2.92. The summed E-state index contributed by atoms with van der Waals surface area (Å²) < 4.78 is 5.73. The molecule has 1 saturated heterocycles. The monoisotopic (exact) mass is 171 g/mol. The van der Waals surface area contributed by atoms with E-state index >= 15 is 0 Å². The standard InChI is InChI=1S/C10H21NO/c1-7(2)10-5-11-8(3)9(4)12-6-10/h7-11H,5-6H2,1-4H3. The third kappa shape index (κ3) is 2.46. The van der Waals surface area contributed by atoms with Crippen LogP contribution in [0.1, 0.15) is 27.7 Å². The average Bonchev–Trinajstić information content (AvgIpc) is 2.16. The van der Waals surface area contributed by atoms with E-state index in [1.54, 1.807) is 0 Å². The number of rotatable bonds is 1. The summed E-state index contributed by atoms with van der Waals surface area (Å²) in [6, 6.07) is 0.494. The Labute approximate surface area is 75.7 Å². The largest absolute Gasteiger partial charge is 0.377 e. The van der Waals surface area contributed by atoms with Gasteiger partial charge in [-0.25, -0.2) is 0 Å². The van der Waals surface area contributed by atoms with Crippen LogP contribution < -0.4 is 5.32 Å². The summed E-state index contributed by atoms with van der Waals surface area (Å²) >= 11 is 0. The molecule has 2 heteroatoms. The number of hydrogen-bond acceptors (Lipinski definition) is 2. The van der Waals surface area contributed by atoms with Gasteiger partial charge < -0.3 is 10.1 Å². The minimum absolute atomic E-state index is 0.355. The second-order valence-corrected chi connectivity index (χ2v) is 4.24. The Bertz CT molecular complexity index is 124. The van der Waals surface area contributed by atoms with Crippen LogP contribution in [-0.4, -0.2) is 25.3 Å². The molecule has 3 atom stereocenters. The Hall–Kier alpha value is -0.0800. The van der Waals surface area contributed by atoms with Crippen molar-refractivity contribution < 1.29 is 4.74 Å². The Balaban J connectivity index is 2.44. The molecule has 1 aliphatic rings. The molecule has 3 unspecified atom stereocenters. The number of ether oxygens (including phenoxy) is 1. The molecule has 0 saturated carbocycles. The van der Waals surface area contributed by atoms with E-state index in [9.17, 15) is 0 Å². The van der Waals surface area contributed by atoms with E-state index in [4.69, 9.17) is 4.74 Å². The molecule has 72 valence electrons. The van der Waals surface area contributed by atoms with E-state index in [-0.39, 0.29) is 0 Å². The Morgan fingerprint density at radius 2 is 2.00 bits per heavy atom. The van der Waals surface area contributed by atoms with Crippen molar-refractivity contribution in [3.8, 4) is 0 Å². The van der Waals surface area contributed by atoms with Crippen LogP contribution in [-0.2, 0) is 4.74 Å². The van der Waals surface area contributed by atoms with Crippen molar-refractivity contribution in [2.75, 3.05) is 13.2 Å². The van der Waals surface area contributed by atoms with E-state index in [1.807, 2.05) is 0 Å². The predicted molar refractivity (Wildman–Crippen MR) is 51.2 cm³/mol. The van der Waals surface area contributed by atoms with Crippen molar-refractivity contribution in [3.05, 3.63) is 0 Å². The zero-order valence-corrected chi connectivity index (χ0v) is 8.63. The zero-order valence-electron chi connectivity index (χ0n) is 8.63. The first-order valence-electron chi connectivity index (χ1n) is 4.96. The van der Waals surface area contributed by atoms with E-state index < -0.39 is 0 Å². The van der Waals surface area contributed by atoms with Gasteiger partial charge in [-0.2, -0.15) is 0 Å². The first-order chi connectivity index (χ1) is 5.61. The molecule has 12 heavy (non-hydrogen) atoms. The third-order valence-electron chi connectivity index (χ3n) is 2.92. The van der Waals surface area contributed by atoms with Crippen LogP contribution in [0.2, 0.25) is 0 Å². The van der Waals surface area contributed by atoms with Gasteiger partial charge in [0.2, 0.25) is 0 Å². The van der Waals surface area contributed by atoms with Gasteiger partial charge in [0.1, 0.15) is 0 Å². The van der Waals surface area contributed by atoms with Gasteiger partial charge in [0.05, 0.1) is 12.7 Å². The molecule has 0 amide bonds. The maximum atomic E-state index is 5.73. The number of hydrogen-bond donors (Lipinski definition) is 1. The van der Waals surface area contributed by atoms with E-state index in [0.717, 1.165) is 19.1 Å². The highest BCUT2D eigenvalue weighted by atomic mass is 16.5. The summed E-state index contributed by atoms with van der Waals surface area (Å²) in [5.74, 6) is 1.40. The summed E-state index contributed by atoms with van der Waals surface area (Å²) in [5, 5.41) is 3.50. The first kappa shape index (κ1) is 10.0. The summed E-state index contributed by atoms with van der Waals surface area (Å²) in [5.41, 5.74) is 0. The minimum atomic E-state index is 0.355. The zero-order chi connectivity index (χ0) is 9.14. The molecule has 0 radical (unpaired) electrons. The summed E-state index contributed by atoms with van der Waals surface area (Å²) in [6.07, 6.45) is 0.355. The van der Waals surface area contributed by atoms with Gasteiger partial charge in [-0.15, -0.1) is 0 Å². The molecule has 2 nitrogen and oxygen atoms in total. The molecule has 1 aliphatic heterocycles. The molecule has 0 aliphatic carbocycles. The normalized spacial score (nSPS) is 38.2. The molecule has 1 fully saturated rings. The molecular weight excluding hydrogens is 150 g/mol. The molecule has 0 bridgehead atoms. The van der Waals surface area contributed by atoms with Crippen LogP contribution in [0, 0.1) is 11.8 Å². The lowest BCUT2D eigenvalue weighted by atomic mass is 9.97. The van der Waals surface area contributed by atoms with Crippen LogP contribution in [0.3, 0.4) is 0 Å². The highest BCUT2D eigenvalue weighted by Crippen LogP contribution is 2.15. The SMILES string of the molecule is CC(C)C1CNC(C)C(C)OC1. The quantitative estimate of drug-likeness (QED) is 0.648. The highest BCUT2D eigenvalue weighted by molar-refractivity contribution is 4.77. The van der Waals surface area contributed by atoms with Crippen LogP contribution in [0.5, 0.6) is 0 Å². The van der Waals surface area contributed by atoms with Gasteiger partial charge in [0.25, 0.3) is 0 Å². The molecule has 1 N–H and O–H groups in total. The van der Waals surface area contributed by atoms with Crippen LogP contribution >= 0.6 is 0 Å². The van der Waals surface area contributed by atoms with Gasteiger partial charge in [0, 0.05) is 12.6 Å². The van der Waals surface area contributed by atoms with Crippen molar-refractivity contribution in [2.45, 2.75) is 39.8 Å². The average molecular weight is 171 g/mol. The number of nitrogens with one attached hydrogen (secondary N) is 1. The van der Waals surface area contributed by atoms with Gasteiger partial charge >= 0.3 is 0 Å². The van der Waals surface area contributed by atoms with E-state index in [1.165, 1.54) is 0 Å². The smallest absolute Gasteiger partial charge is 0.0697 e. The Kier molecular flexibility index (Phi) is 3.53. The Morgan fingerprint density at radius 3 is 2.58 bits per heavy atom. The van der Waals surface area contributed by atoms with E-state index in [2.05, 4.69) is 33.0 Å². The van der Waals surface area contributed by atoms with Crippen molar-refractivity contribution in [3.63, 3.8) is 0 Å². The lowest BCUT2D eigenvalue weighted by Gasteiger charge is -2.17. The summed E-state index contributed by atoms with van der Waals surface area (Å²) in [6.45, 7) is 10.9. The second-order valence-electron chi connectivity index (χ2n) is 4.24. The van der Waals surface area contributed by atoms with Gasteiger partial charge in [-0.3, -0.25) is 0 Å². The maximum absolute atomic E-state index is 5.73. The molecule has 0 aromatic rings. The molecule has 1 rings (SSSR count). The van der Waals surface area contributed by atoms with Crippen LogP contribution in [0.25, 0.3) is 0 Å². The lowest BCUT2D eigenvalue weighted by Crippen LogP contribution is -2.36. The fourth-order valence-corrected chi connectivity index (χ4v) is 1.41. The van der Waals surface area contributed by atoms with E-state index in [0.29, 0.717) is 18.1 Å². The Morgan fingerprint density at radius 1 is 1.33 bits per heavy atom. The predicted octanol–water partition coefficient (Wildman–Crippen LogP) is 1.66. The molecule has 0 spiro atoms. The van der Waals surface area contributed by atoms with Gasteiger partial charge in [-0.1, -0.05) is 13.8 Å². The summed E-state index contributed by atoms with van der Waals surface area (Å²) in [4.78, 5) is 0. The van der Waals surface area contributed by atoms with Crippen molar-refractivity contribution in [1.29, 1.82) is 0 Å². The lowest BCUT2D eigenvalue weighted by molar-refractivity contribution is 0.0368. The highest BCUT2D eigenvalue weighted by Gasteiger charge is 2.22. The molecule has 1 heterocycles. The minimum Gasteiger partial charge on any atom is -0.377 e. The fraction of sp³-hybridized carbons (Fsp3) is 1.00. The first-order valence-corrected chi connectivity index (χ1v) is 4.96. The molecule has 0 aromatic heterocycles. The van der Waals surface area contributed by atoms with Gasteiger partial charge in [0.15, 0.2) is 0 Å². The molecular formula is C10H21NO. The topological polar surface area (TPSA) is 21.3 Å². The van der Waals surface area contributed by atoms with Crippen molar-refractivity contribution >= 4 is 0 Å². The van der Waals surface area contributed by atoms with Crippen molar-refractivity contribution in [2.24, 2.45) is 11.8 Å². The fourth-order valence-electron chi connectivity index (χ4n) is 1.41. The van der Waals surface area contributed by atoms with Crippen LogP contribution in [0.15, 0.2) is 0 Å². The maximum Gasteiger partial charge on any atom is 0.0697 e. The van der Waals surface area contributed by atoms with Crippen molar-refractivity contribution in [1.82, 2.24) is 5.32 Å². The second kappa shape index (κ2) is 4.24. The summed E-state index contributed by atoms with van der Waals surface area (Å²) in [7, 11) is 0.